The highest BCUT2D eigenvalue weighted by Gasteiger charge is 2.20. The fourth-order valence-electron chi connectivity index (χ4n) is 2.56. The molecule has 1 aromatic heterocycles. The Bertz CT molecular complexity index is 599. The van der Waals surface area contributed by atoms with Crippen molar-refractivity contribution in [2.75, 3.05) is 20.2 Å². The molecule has 2 aromatic rings. The molecule has 6 heteroatoms. The lowest BCUT2D eigenvalue weighted by Crippen LogP contribution is -2.37. The summed E-state index contributed by atoms with van der Waals surface area (Å²) in [6, 6.07) is 7.56. The Kier molecular flexibility index (Phi) is 4.17. The van der Waals surface area contributed by atoms with Gasteiger partial charge in [0.1, 0.15) is 5.75 Å². The summed E-state index contributed by atoms with van der Waals surface area (Å²) in [7, 11) is 1.63. The van der Waals surface area contributed by atoms with Crippen molar-refractivity contribution in [2.45, 2.75) is 25.5 Å². The van der Waals surface area contributed by atoms with Gasteiger partial charge in [0.05, 0.1) is 19.8 Å². The van der Waals surface area contributed by atoms with Gasteiger partial charge in [0.25, 0.3) is 0 Å². The fraction of sp³-hybridized carbons (Fsp3) is 0.467. The normalized spacial score (nSPS) is 19.6. The number of rotatable bonds is 4. The molecule has 0 aliphatic carbocycles. The molecule has 0 amide bonds. The number of aliphatic hydroxyl groups excluding tert-OH is 1. The summed E-state index contributed by atoms with van der Waals surface area (Å²) in [6.07, 6.45) is 1.62. The van der Waals surface area contributed by atoms with Crippen LogP contribution in [0, 0.1) is 0 Å². The lowest BCUT2D eigenvalue weighted by atomic mass is 10.1. The molecule has 3 rings (SSSR count). The third-order valence-electron chi connectivity index (χ3n) is 3.64. The van der Waals surface area contributed by atoms with E-state index in [1.807, 2.05) is 24.3 Å². The Morgan fingerprint density at radius 3 is 3.19 bits per heavy atom. The number of ether oxygens (including phenoxy) is 1. The predicted octanol–water partition coefficient (Wildman–Crippen LogP) is 1.70. The van der Waals surface area contributed by atoms with Crippen molar-refractivity contribution in [1.82, 2.24) is 15.0 Å². The first-order chi connectivity index (χ1) is 10.2. The van der Waals surface area contributed by atoms with Crippen LogP contribution in [0.5, 0.6) is 5.75 Å². The molecule has 21 heavy (non-hydrogen) atoms. The zero-order valence-electron chi connectivity index (χ0n) is 12.0. The number of β-amino-alcohol motifs (C(OH)–C–C–N with tert-alkyl or cyclic N) is 1. The summed E-state index contributed by atoms with van der Waals surface area (Å²) in [5.74, 6) is 1.89. The second-order valence-corrected chi connectivity index (χ2v) is 5.27. The van der Waals surface area contributed by atoms with Crippen molar-refractivity contribution in [3.05, 3.63) is 30.2 Å². The number of piperidine rings is 1. The van der Waals surface area contributed by atoms with Crippen molar-refractivity contribution < 1.29 is 14.4 Å². The number of aromatic nitrogens is 2. The van der Waals surface area contributed by atoms with Gasteiger partial charge in [-0.3, -0.25) is 4.90 Å². The Morgan fingerprint density at radius 1 is 1.48 bits per heavy atom. The minimum Gasteiger partial charge on any atom is -0.497 e. The fourth-order valence-corrected chi connectivity index (χ4v) is 2.56. The molecule has 112 valence electrons. The molecule has 1 saturated heterocycles. The molecular weight excluding hydrogens is 270 g/mol. The van der Waals surface area contributed by atoms with Gasteiger partial charge in [-0.15, -0.1) is 0 Å². The molecule has 6 nitrogen and oxygen atoms in total. The van der Waals surface area contributed by atoms with Crippen LogP contribution in [-0.4, -0.2) is 46.5 Å². The molecule has 2 heterocycles. The van der Waals surface area contributed by atoms with Gasteiger partial charge in [0.2, 0.25) is 11.7 Å². The quantitative estimate of drug-likeness (QED) is 0.923. The monoisotopic (exact) mass is 289 g/mol. The maximum atomic E-state index is 9.68. The molecule has 1 fully saturated rings. The van der Waals surface area contributed by atoms with E-state index in [1.165, 1.54) is 0 Å². The predicted molar refractivity (Wildman–Crippen MR) is 76.8 cm³/mol. The van der Waals surface area contributed by atoms with Gasteiger partial charge < -0.3 is 14.4 Å². The van der Waals surface area contributed by atoms with Crippen molar-refractivity contribution in [2.24, 2.45) is 0 Å². The Morgan fingerprint density at radius 2 is 2.38 bits per heavy atom. The van der Waals surface area contributed by atoms with Crippen LogP contribution >= 0.6 is 0 Å². The maximum Gasteiger partial charge on any atom is 0.241 e. The van der Waals surface area contributed by atoms with Crippen molar-refractivity contribution in [3.63, 3.8) is 0 Å². The van der Waals surface area contributed by atoms with Crippen molar-refractivity contribution in [1.29, 1.82) is 0 Å². The SMILES string of the molecule is COc1cccc(-c2noc(CN3CCCC(O)C3)n2)c1. The summed E-state index contributed by atoms with van der Waals surface area (Å²) < 4.78 is 10.5. The molecule has 1 aromatic carbocycles. The number of methoxy groups -OCH3 is 1. The average molecular weight is 289 g/mol. The van der Waals surface area contributed by atoms with E-state index in [0.29, 0.717) is 24.8 Å². The summed E-state index contributed by atoms with van der Waals surface area (Å²) in [5.41, 5.74) is 0.864. The second kappa shape index (κ2) is 6.24. The molecule has 1 aliphatic rings. The summed E-state index contributed by atoms with van der Waals surface area (Å²) >= 11 is 0. The summed E-state index contributed by atoms with van der Waals surface area (Å²) in [5, 5.41) is 13.7. The van der Waals surface area contributed by atoms with Crippen LogP contribution in [0.1, 0.15) is 18.7 Å². The highest BCUT2D eigenvalue weighted by atomic mass is 16.5. The molecule has 0 saturated carbocycles. The third-order valence-corrected chi connectivity index (χ3v) is 3.64. The average Bonchev–Trinajstić information content (AvgIpc) is 2.96. The van der Waals surface area contributed by atoms with Gasteiger partial charge in [-0.25, -0.2) is 0 Å². The van der Waals surface area contributed by atoms with E-state index < -0.39 is 0 Å². The van der Waals surface area contributed by atoms with Crippen LogP contribution in [0.15, 0.2) is 28.8 Å². The van der Waals surface area contributed by atoms with E-state index in [4.69, 9.17) is 9.26 Å². The molecule has 1 atom stereocenters. The second-order valence-electron chi connectivity index (χ2n) is 5.27. The highest BCUT2D eigenvalue weighted by molar-refractivity contribution is 5.56. The minimum atomic E-state index is -0.250. The Labute approximate surface area is 123 Å². The van der Waals surface area contributed by atoms with Crippen molar-refractivity contribution >= 4 is 0 Å². The van der Waals surface area contributed by atoms with Crippen LogP contribution in [0.25, 0.3) is 11.4 Å². The Hall–Kier alpha value is -1.92. The first kappa shape index (κ1) is 14.0. The number of hydrogen-bond donors (Lipinski definition) is 1. The molecule has 1 N–H and O–H groups in total. The van der Waals surface area contributed by atoms with Crippen molar-refractivity contribution in [3.8, 4) is 17.1 Å². The topological polar surface area (TPSA) is 71.6 Å². The molecule has 0 spiro atoms. The first-order valence-corrected chi connectivity index (χ1v) is 7.12. The lowest BCUT2D eigenvalue weighted by molar-refractivity contribution is 0.0613. The third kappa shape index (κ3) is 3.40. The van der Waals surface area contributed by atoms with Crippen LogP contribution in [0.2, 0.25) is 0 Å². The summed E-state index contributed by atoms with van der Waals surface area (Å²) in [6.45, 7) is 2.19. The lowest BCUT2D eigenvalue weighted by Gasteiger charge is -2.28. The van der Waals surface area contributed by atoms with Crippen LogP contribution < -0.4 is 4.74 Å². The zero-order valence-corrected chi connectivity index (χ0v) is 12.0. The van der Waals surface area contributed by atoms with Gasteiger partial charge in [0, 0.05) is 12.1 Å². The van der Waals surface area contributed by atoms with Crippen LogP contribution in [0.3, 0.4) is 0 Å². The van der Waals surface area contributed by atoms with E-state index in [0.717, 1.165) is 30.7 Å². The van der Waals surface area contributed by atoms with Crippen LogP contribution in [0.4, 0.5) is 0 Å². The smallest absolute Gasteiger partial charge is 0.241 e. The molecule has 1 aliphatic heterocycles. The number of aliphatic hydroxyl groups is 1. The number of likely N-dealkylation sites (tertiary alicyclic amines) is 1. The number of hydrogen-bond acceptors (Lipinski definition) is 6. The molecule has 0 bridgehead atoms. The Balaban J connectivity index is 1.70. The van der Waals surface area contributed by atoms with E-state index in [2.05, 4.69) is 15.0 Å². The van der Waals surface area contributed by atoms with E-state index in [1.54, 1.807) is 7.11 Å². The standard InChI is InChI=1S/C15H19N3O3/c1-20-13-6-2-4-11(8-13)15-16-14(21-17-15)10-18-7-3-5-12(19)9-18/h2,4,6,8,12,19H,3,5,7,9-10H2,1H3. The molecule has 1 unspecified atom stereocenters. The molecular formula is C15H19N3O3. The zero-order chi connectivity index (χ0) is 14.7. The summed E-state index contributed by atoms with van der Waals surface area (Å²) in [4.78, 5) is 6.55. The largest absolute Gasteiger partial charge is 0.497 e. The van der Waals surface area contributed by atoms with Gasteiger partial charge in [-0.05, 0) is 31.5 Å². The highest BCUT2D eigenvalue weighted by Crippen LogP contribution is 2.22. The maximum absolute atomic E-state index is 9.68. The number of nitrogens with zero attached hydrogens (tertiary/aromatic N) is 3. The first-order valence-electron chi connectivity index (χ1n) is 7.12. The van der Waals surface area contributed by atoms with E-state index in [9.17, 15) is 5.11 Å². The van der Waals surface area contributed by atoms with E-state index in [-0.39, 0.29) is 6.10 Å². The van der Waals surface area contributed by atoms with E-state index >= 15 is 0 Å². The van der Waals surface area contributed by atoms with Gasteiger partial charge in [-0.2, -0.15) is 4.98 Å². The minimum absolute atomic E-state index is 0.250. The van der Waals surface area contributed by atoms with Crippen LogP contribution in [-0.2, 0) is 6.54 Å². The van der Waals surface area contributed by atoms with Gasteiger partial charge in [-0.1, -0.05) is 17.3 Å². The van der Waals surface area contributed by atoms with Gasteiger partial charge in [0.15, 0.2) is 0 Å². The van der Waals surface area contributed by atoms with Gasteiger partial charge >= 0.3 is 0 Å². The number of benzene rings is 1. The molecule has 0 radical (unpaired) electrons.